The third kappa shape index (κ3) is 28.0. The molecule has 0 aliphatic heterocycles. The number of hydrogen-bond donors (Lipinski definition) is 3. The van der Waals surface area contributed by atoms with E-state index in [1.54, 1.807) is 6.08 Å². The second kappa shape index (κ2) is 31.1. The van der Waals surface area contributed by atoms with Crippen LogP contribution in [0.25, 0.3) is 0 Å². The molecule has 3 N–H and O–H groups in total. The van der Waals surface area contributed by atoms with E-state index in [1.807, 2.05) is 6.08 Å². The highest BCUT2D eigenvalue weighted by Crippen LogP contribution is 2.13. The van der Waals surface area contributed by atoms with Crippen molar-refractivity contribution in [2.75, 3.05) is 6.61 Å². The maximum absolute atomic E-state index is 12.2. The smallest absolute Gasteiger partial charge is 0.220 e. The normalized spacial score (nSPS) is 13.6. The molecule has 0 aromatic carbocycles. The topological polar surface area (TPSA) is 69.6 Å². The molecule has 0 bridgehead atoms. The molecule has 0 rings (SSSR count). The lowest BCUT2D eigenvalue weighted by Gasteiger charge is -2.19. The van der Waals surface area contributed by atoms with Gasteiger partial charge in [-0.1, -0.05) is 140 Å². The van der Waals surface area contributed by atoms with E-state index in [0.717, 1.165) is 38.5 Å². The summed E-state index contributed by atoms with van der Waals surface area (Å²) in [6, 6.07) is -0.649. The molecule has 0 radical (unpaired) electrons. The predicted molar refractivity (Wildman–Crippen MR) is 170 cm³/mol. The fourth-order valence-corrected chi connectivity index (χ4v) is 4.72. The van der Waals surface area contributed by atoms with Crippen molar-refractivity contribution in [2.24, 2.45) is 0 Å². The molecule has 2 atom stereocenters. The minimum Gasteiger partial charge on any atom is -0.394 e. The Balaban J connectivity index is 3.71. The second-order valence-corrected chi connectivity index (χ2v) is 11.2. The molecule has 0 spiro atoms. The zero-order valence-corrected chi connectivity index (χ0v) is 25.9. The fourth-order valence-electron chi connectivity index (χ4n) is 4.72. The van der Waals surface area contributed by atoms with Crippen LogP contribution >= 0.6 is 0 Å². The van der Waals surface area contributed by atoms with Crippen LogP contribution in [0.2, 0.25) is 0 Å². The SMILES string of the molecule is CCCCCC/C=C\CCCC(=O)NC(CO)C(O)/C=C/CC/C=C/CCCCCCCCCCCCCC. The zero-order valence-electron chi connectivity index (χ0n) is 25.9. The quantitative estimate of drug-likeness (QED) is 0.0645. The molecule has 228 valence electrons. The molecule has 0 aromatic heterocycles. The summed E-state index contributed by atoms with van der Waals surface area (Å²) in [5, 5.41) is 22.7. The van der Waals surface area contributed by atoms with Gasteiger partial charge in [-0.2, -0.15) is 0 Å². The predicted octanol–water partition coefficient (Wildman–Crippen LogP) is 9.51. The first-order chi connectivity index (χ1) is 19.2. The molecule has 0 saturated heterocycles. The molecule has 2 unspecified atom stereocenters. The molecular weight excluding hydrogens is 482 g/mol. The van der Waals surface area contributed by atoms with Crippen molar-refractivity contribution in [1.82, 2.24) is 5.32 Å². The highest BCUT2D eigenvalue weighted by molar-refractivity contribution is 5.76. The van der Waals surface area contributed by atoms with Crippen LogP contribution in [-0.4, -0.2) is 34.9 Å². The number of aliphatic hydroxyl groups excluding tert-OH is 2. The molecule has 4 nitrogen and oxygen atoms in total. The van der Waals surface area contributed by atoms with Gasteiger partial charge in [0.15, 0.2) is 0 Å². The van der Waals surface area contributed by atoms with Gasteiger partial charge in [0.1, 0.15) is 0 Å². The maximum Gasteiger partial charge on any atom is 0.220 e. The van der Waals surface area contributed by atoms with Crippen LogP contribution < -0.4 is 5.32 Å². The molecule has 4 heteroatoms. The highest BCUT2D eigenvalue weighted by atomic mass is 16.3. The van der Waals surface area contributed by atoms with E-state index in [1.165, 1.54) is 103 Å². The largest absolute Gasteiger partial charge is 0.394 e. The van der Waals surface area contributed by atoms with E-state index in [-0.39, 0.29) is 12.5 Å². The molecule has 0 aliphatic rings. The number of carbonyl (C=O) groups excluding carboxylic acids is 1. The number of aliphatic hydroxyl groups is 2. The number of amides is 1. The molecular formula is C35H65NO3. The van der Waals surface area contributed by atoms with E-state index in [0.29, 0.717) is 6.42 Å². The van der Waals surface area contributed by atoms with E-state index in [9.17, 15) is 15.0 Å². The molecule has 39 heavy (non-hydrogen) atoms. The molecule has 0 heterocycles. The Kier molecular flexibility index (Phi) is 30.0. The average molecular weight is 548 g/mol. The van der Waals surface area contributed by atoms with Gasteiger partial charge < -0.3 is 15.5 Å². The number of allylic oxidation sites excluding steroid dienone is 5. The van der Waals surface area contributed by atoms with Gasteiger partial charge in [-0.15, -0.1) is 0 Å². The second-order valence-electron chi connectivity index (χ2n) is 11.2. The Morgan fingerprint density at radius 1 is 0.590 bits per heavy atom. The Labute approximate surface area is 242 Å². The standard InChI is InChI=1S/C35H65NO3/c1-3-5-7-9-11-13-14-15-16-17-18-19-20-21-23-24-26-28-30-34(38)33(32-37)36-35(39)31-29-27-25-22-12-10-8-6-4-2/h21-23,25,28,30,33-34,37-38H,3-20,24,26-27,29,31-32H2,1-2H3,(H,36,39)/b23-21+,25-22-,30-28+. The van der Waals surface area contributed by atoms with Gasteiger partial charge in [-0.3, -0.25) is 4.79 Å². The Hall–Kier alpha value is -1.39. The first kappa shape index (κ1) is 37.6. The van der Waals surface area contributed by atoms with Crippen LogP contribution in [0, 0.1) is 0 Å². The van der Waals surface area contributed by atoms with E-state index in [2.05, 4.69) is 43.5 Å². The lowest BCUT2D eigenvalue weighted by atomic mass is 10.0. The van der Waals surface area contributed by atoms with Crippen molar-refractivity contribution < 1.29 is 15.0 Å². The van der Waals surface area contributed by atoms with Crippen LogP contribution in [0.15, 0.2) is 36.5 Å². The number of rotatable bonds is 29. The molecule has 0 aliphatic carbocycles. The minimum absolute atomic E-state index is 0.112. The van der Waals surface area contributed by atoms with Crippen LogP contribution in [0.5, 0.6) is 0 Å². The molecule has 0 aromatic rings. The third-order valence-corrected chi connectivity index (χ3v) is 7.35. The van der Waals surface area contributed by atoms with Crippen LogP contribution in [0.4, 0.5) is 0 Å². The Morgan fingerprint density at radius 2 is 1.00 bits per heavy atom. The number of hydrogen-bond acceptors (Lipinski definition) is 3. The van der Waals surface area contributed by atoms with Crippen LogP contribution in [0.1, 0.15) is 162 Å². The Morgan fingerprint density at radius 3 is 1.51 bits per heavy atom. The van der Waals surface area contributed by atoms with Crippen LogP contribution in [0.3, 0.4) is 0 Å². The third-order valence-electron chi connectivity index (χ3n) is 7.35. The number of nitrogens with one attached hydrogen (secondary N) is 1. The summed E-state index contributed by atoms with van der Waals surface area (Å²) in [5.74, 6) is -0.112. The first-order valence-corrected chi connectivity index (χ1v) is 16.7. The maximum atomic E-state index is 12.2. The van der Waals surface area contributed by atoms with Crippen molar-refractivity contribution in [3.8, 4) is 0 Å². The van der Waals surface area contributed by atoms with E-state index >= 15 is 0 Å². The van der Waals surface area contributed by atoms with Crippen molar-refractivity contribution in [3.05, 3.63) is 36.5 Å². The lowest BCUT2D eigenvalue weighted by molar-refractivity contribution is -0.122. The zero-order chi connectivity index (χ0) is 28.7. The average Bonchev–Trinajstić information content (AvgIpc) is 2.94. The molecule has 1 amide bonds. The molecule has 0 fully saturated rings. The number of carbonyl (C=O) groups is 1. The van der Waals surface area contributed by atoms with Gasteiger partial charge >= 0.3 is 0 Å². The van der Waals surface area contributed by atoms with Crippen molar-refractivity contribution >= 4 is 5.91 Å². The van der Waals surface area contributed by atoms with E-state index < -0.39 is 12.1 Å². The van der Waals surface area contributed by atoms with Crippen LogP contribution in [-0.2, 0) is 4.79 Å². The summed E-state index contributed by atoms with van der Waals surface area (Å²) in [7, 11) is 0. The summed E-state index contributed by atoms with van der Waals surface area (Å²) < 4.78 is 0. The summed E-state index contributed by atoms with van der Waals surface area (Å²) in [4.78, 5) is 12.2. The van der Waals surface area contributed by atoms with Gasteiger partial charge in [-0.25, -0.2) is 0 Å². The monoisotopic (exact) mass is 547 g/mol. The van der Waals surface area contributed by atoms with Gasteiger partial charge in [0.25, 0.3) is 0 Å². The first-order valence-electron chi connectivity index (χ1n) is 16.7. The van der Waals surface area contributed by atoms with Gasteiger partial charge in [0.2, 0.25) is 5.91 Å². The lowest BCUT2D eigenvalue weighted by Crippen LogP contribution is -2.45. The highest BCUT2D eigenvalue weighted by Gasteiger charge is 2.17. The van der Waals surface area contributed by atoms with Gasteiger partial charge in [0, 0.05) is 6.42 Å². The molecule has 0 saturated carbocycles. The minimum atomic E-state index is -0.869. The summed E-state index contributed by atoms with van der Waals surface area (Å²) in [6.45, 7) is 4.23. The van der Waals surface area contributed by atoms with Crippen molar-refractivity contribution in [3.63, 3.8) is 0 Å². The summed E-state index contributed by atoms with van der Waals surface area (Å²) in [6.07, 6.45) is 39.5. The van der Waals surface area contributed by atoms with Crippen molar-refractivity contribution in [2.45, 2.75) is 174 Å². The summed E-state index contributed by atoms with van der Waals surface area (Å²) in [5.41, 5.74) is 0. The van der Waals surface area contributed by atoms with Gasteiger partial charge in [0.05, 0.1) is 18.8 Å². The number of unbranched alkanes of at least 4 members (excludes halogenated alkanes) is 18. The van der Waals surface area contributed by atoms with Crippen molar-refractivity contribution in [1.29, 1.82) is 0 Å². The Bertz CT molecular complexity index is 599. The van der Waals surface area contributed by atoms with Gasteiger partial charge in [-0.05, 0) is 51.4 Å². The van der Waals surface area contributed by atoms with E-state index in [4.69, 9.17) is 0 Å². The summed E-state index contributed by atoms with van der Waals surface area (Å²) >= 11 is 0. The fraction of sp³-hybridized carbons (Fsp3) is 0.800.